The van der Waals surface area contributed by atoms with Crippen molar-refractivity contribution in [3.63, 3.8) is 0 Å². The Morgan fingerprint density at radius 1 is 1.45 bits per heavy atom. The number of nitrogens with one attached hydrogen (secondary N) is 1. The lowest BCUT2D eigenvalue weighted by molar-refractivity contribution is -0.146. The first-order valence-electron chi connectivity index (χ1n) is 7.06. The molecule has 0 aromatic heterocycles. The van der Waals surface area contributed by atoms with Gasteiger partial charge in [-0.1, -0.05) is 0 Å². The van der Waals surface area contributed by atoms with E-state index in [1.54, 1.807) is 25.9 Å². The average Bonchev–Trinajstić information content (AvgIpc) is 3.20. The molecular weight excluding hydrogens is 260 g/mol. The maximum absolute atomic E-state index is 12.3. The third-order valence-electron chi connectivity index (χ3n) is 3.85. The predicted octanol–water partition coefficient (Wildman–Crippen LogP) is 1.55. The standard InChI is InChI=1S/C14H26N2O4/c1-10(11-5-6-11)16(7-8-20-4)13(19)15-9-14(2,3)12(17)18/h10-11H,5-9H2,1-4H3,(H,15,19)(H,17,18). The summed E-state index contributed by atoms with van der Waals surface area (Å²) in [6.45, 7) is 6.34. The van der Waals surface area contributed by atoms with E-state index in [2.05, 4.69) is 5.32 Å². The van der Waals surface area contributed by atoms with Gasteiger partial charge in [0.15, 0.2) is 0 Å². The molecule has 1 fully saturated rings. The van der Waals surface area contributed by atoms with E-state index in [0.29, 0.717) is 19.1 Å². The number of nitrogens with zero attached hydrogens (tertiary/aromatic N) is 1. The van der Waals surface area contributed by atoms with E-state index in [1.165, 1.54) is 0 Å². The Kier molecular flexibility index (Phi) is 5.80. The van der Waals surface area contributed by atoms with Gasteiger partial charge in [0.05, 0.1) is 12.0 Å². The van der Waals surface area contributed by atoms with Crippen LogP contribution < -0.4 is 5.32 Å². The largest absolute Gasteiger partial charge is 0.481 e. The number of hydrogen-bond donors (Lipinski definition) is 2. The van der Waals surface area contributed by atoms with Crippen molar-refractivity contribution < 1.29 is 19.4 Å². The molecule has 1 saturated carbocycles. The number of aliphatic carboxylic acids is 1. The summed E-state index contributed by atoms with van der Waals surface area (Å²) in [6.07, 6.45) is 2.30. The molecule has 20 heavy (non-hydrogen) atoms. The fraction of sp³-hybridized carbons (Fsp3) is 0.857. The summed E-state index contributed by atoms with van der Waals surface area (Å²) in [5.74, 6) is -0.360. The van der Waals surface area contributed by atoms with Gasteiger partial charge in [-0.05, 0) is 39.5 Å². The Balaban J connectivity index is 2.56. The Morgan fingerprint density at radius 2 is 2.05 bits per heavy atom. The lowest BCUT2D eigenvalue weighted by atomic mass is 9.94. The average molecular weight is 286 g/mol. The summed E-state index contributed by atoms with van der Waals surface area (Å²) in [4.78, 5) is 25.1. The quantitative estimate of drug-likeness (QED) is 0.709. The van der Waals surface area contributed by atoms with Crippen LogP contribution in [-0.2, 0) is 9.53 Å². The number of rotatable bonds is 8. The number of ether oxygens (including phenoxy) is 1. The molecule has 1 unspecified atom stereocenters. The van der Waals surface area contributed by atoms with Crippen LogP contribution in [-0.4, -0.2) is 54.9 Å². The topological polar surface area (TPSA) is 78.9 Å². The van der Waals surface area contributed by atoms with Crippen LogP contribution in [0.2, 0.25) is 0 Å². The maximum Gasteiger partial charge on any atom is 0.317 e. The monoisotopic (exact) mass is 286 g/mol. The van der Waals surface area contributed by atoms with Gasteiger partial charge < -0.3 is 20.1 Å². The molecule has 1 aliphatic rings. The smallest absolute Gasteiger partial charge is 0.317 e. The van der Waals surface area contributed by atoms with Gasteiger partial charge in [0.2, 0.25) is 0 Å². The third-order valence-corrected chi connectivity index (χ3v) is 3.85. The Hall–Kier alpha value is -1.30. The number of urea groups is 1. The molecule has 2 amide bonds. The van der Waals surface area contributed by atoms with Gasteiger partial charge in [0.1, 0.15) is 0 Å². The summed E-state index contributed by atoms with van der Waals surface area (Å²) in [7, 11) is 1.60. The van der Waals surface area contributed by atoms with E-state index in [1.807, 2.05) is 6.92 Å². The second-order valence-corrected chi connectivity index (χ2v) is 6.11. The van der Waals surface area contributed by atoms with Crippen LogP contribution >= 0.6 is 0 Å². The summed E-state index contributed by atoms with van der Waals surface area (Å²) >= 11 is 0. The highest BCUT2D eigenvalue weighted by atomic mass is 16.5. The van der Waals surface area contributed by atoms with Crippen LogP contribution in [0.4, 0.5) is 4.79 Å². The van der Waals surface area contributed by atoms with Crippen molar-refractivity contribution in [3.8, 4) is 0 Å². The molecule has 0 saturated heterocycles. The number of carbonyl (C=O) groups is 2. The van der Waals surface area contributed by atoms with E-state index >= 15 is 0 Å². The van der Waals surface area contributed by atoms with Crippen LogP contribution in [0, 0.1) is 11.3 Å². The molecule has 0 aromatic carbocycles. The van der Waals surface area contributed by atoms with Gasteiger partial charge in [0.25, 0.3) is 0 Å². The Labute approximate surface area is 120 Å². The van der Waals surface area contributed by atoms with E-state index in [-0.39, 0.29) is 18.6 Å². The predicted molar refractivity (Wildman–Crippen MR) is 75.6 cm³/mol. The summed E-state index contributed by atoms with van der Waals surface area (Å²) in [6, 6.07) is -0.0473. The molecule has 116 valence electrons. The van der Waals surface area contributed by atoms with Crippen LogP contribution in [0.1, 0.15) is 33.6 Å². The number of carboxylic acid groups (broad SMARTS) is 1. The number of methoxy groups -OCH3 is 1. The molecule has 1 aliphatic carbocycles. The van der Waals surface area contributed by atoms with Crippen molar-refractivity contribution in [2.45, 2.75) is 39.7 Å². The van der Waals surface area contributed by atoms with Crippen molar-refractivity contribution >= 4 is 12.0 Å². The fourth-order valence-corrected chi connectivity index (χ4v) is 1.99. The van der Waals surface area contributed by atoms with Gasteiger partial charge in [-0.2, -0.15) is 0 Å². The first-order valence-corrected chi connectivity index (χ1v) is 7.06. The summed E-state index contributed by atoms with van der Waals surface area (Å²) in [5.41, 5.74) is -0.967. The van der Waals surface area contributed by atoms with Gasteiger partial charge in [0, 0.05) is 26.2 Å². The van der Waals surface area contributed by atoms with E-state index in [4.69, 9.17) is 9.84 Å². The van der Waals surface area contributed by atoms with E-state index in [0.717, 1.165) is 12.8 Å². The van der Waals surface area contributed by atoms with E-state index in [9.17, 15) is 9.59 Å². The highest BCUT2D eigenvalue weighted by molar-refractivity contribution is 5.77. The van der Waals surface area contributed by atoms with Crippen LogP contribution in [0.5, 0.6) is 0 Å². The molecule has 0 aromatic rings. The van der Waals surface area contributed by atoms with Crippen molar-refractivity contribution in [2.24, 2.45) is 11.3 Å². The van der Waals surface area contributed by atoms with Crippen molar-refractivity contribution in [1.29, 1.82) is 0 Å². The normalized spacial score (nSPS) is 16.6. The number of carbonyl (C=O) groups excluding carboxylic acids is 1. The highest BCUT2D eigenvalue weighted by Crippen LogP contribution is 2.35. The molecule has 0 radical (unpaired) electrons. The third kappa shape index (κ3) is 4.67. The van der Waals surface area contributed by atoms with Crippen LogP contribution in [0.15, 0.2) is 0 Å². The first kappa shape index (κ1) is 16.8. The second kappa shape index (κ2) is 6.92. The minimum Gasteiger partial charge on any atom is -0.481 e. The number of amides is 2. The highest BCUT2D eigenvalue weighted by Gasteiger charge is 2.35. The minimum absolute atomic E-state index is 0.113. The van der Waals surface area contributed by atoms with Gasteiger partial charge >= 0.3 is 12.0 Å². The maximum atomic E-state index is 12.3. The van der Waals surface area contributed by atoms with Crippen LogP contribution in [0.25, 0.3) is 0 Å². The molecule has 6 nitrogen and oxygen atoms in total. The van der Waals surface area contributed by atoms with Crippen molar-refractivity contribution in [3.05, 3.63) is 0 Å². The SMILES string of the molecule is COCCN(C(=O)NCC(C)(C)C(=O)O)C(C)C1CC1. The van der Waals surface area contributed by atoms with Crippen molar-refractivity contribution in [1.82, 2.24) is 10.2 Å². The zero-order valence-corrected chi connectivity index (χ0v) is 12.8. The van der Waals surface area contributed by atoms with Gasteiger partial charge in [-0.25, -0.2) is 4.79 Å². The van der Waals surface area contributed by atoms with E-state index < -0.39 is 11.4 Å². The summed E-state index contributed by atoms with van der Waals surface area (Å²) < 4.78 is 5.04. The Bertz CT molecular complexity index is 353. The van der Waals surface area contributed by atoms with Gasteiger partial charge in [-0.3, -0.25) is 4.79 Å². The first-order chi connectivity index (χ1) is 9.29. The molecule has 0 aliphatic heterocycles. The zero-order valence-electron chi connectivity index (χ0n) is 12.8. The number of carboxylic acids is 1. The molecule has 2 N–H and O–H groups in total. The van der Waals surface area contributed by atoms with Crippen molar-refractivity contribution in [2.75, 3.05) is 26.8 Å². The molecule has 6 heteroatoms. The second-order valence-electron chi connectivity index (χ2n) is 6.11. The molecule has 0 spiro atoms. The summed E-state index contributed by atoms with van der Waals surface area (Å²) in [5, 5.41) is 11.8. The lowest BCUT2D eigenvalue weighted by Gasteiger charge is -2.30. The lowest BCUT2D eigenvalue weighted by Crippen LogP contribution is -2.50. The Morgan fingerprint density at radius 3 is 2.50 bits per heavy atom. The number of hydrogen-bond acceptors (Lipinski definition) is 3. The molecule has 0 bridgehead atoms. The molecule has 0 heterocycles. The molecule has 1 atom stereocenters. The van der Waals surface area contributed by atoms with Crippen LogP contribution in [0.3, 0.4) is 0 Å². The molecular formula is C14H26N2O4. The fourth-order valence-electron chi connectivity index (χ4n) is 1.99. The van der Waals surface area contributed by atoms with Gasteiger partial charge in [-0.15, -0.1) is 0 Å². The molecule has 1 rings (SSSR count). The zero-order chi connectivity index (χ0) is 15.3. The minimum atomic E-state index is -0.967.